The third-order valence-electron chi connectivity index (χ3n) is 13.2. The molecule has 1 saturated heterocycles. The van der Waals surface area contributed by atoms with Crippen LogP contribution in [0.2, 0.25) is 18.1 Å². The normalized spacial score (nSPS) is 24.8. The van der Waals surface area contributed by atoms with Gasteiger partial charge in [-0.1, -0.05) is 94.0 Å². The average Bonchev–Trinajstić information content (AvgIpc) is 3.31. The van der Waals surface area contributed by atoms with Gasteiger partial charge in [-0.05, 0) is 58.4 Å². The molecule has 271 valence electrons. The second-order valence-corrected chi connectivity index (χ2v) is 25.0. The fraction of sp³-hybridized carbons (Fsp3) is 0.417. The van der Waals surface area contributed by atoms with Gasteiger partial charge < -0.3 is 24.8 Å². The van der Waals surface area contributed by atoms with Crippen LogP contribution in [0.5, 0.6) is 0 Å². The van der Waals surface area contributed by atoms with Gasteiger partial charge in [-0.2, -0.15) is 0 Å². The molecule has 1 aliphatic heterocycles. The monoisotopic (exact) mass is 821 g/mol. The van der Waals surface area contributed by atoms with Crippen molar-refractivity contribution in [2.45, 2.75) is 113 Å². The van der Waals surface area contributed by atoms with Crippen LogP contribution < -0.4 is 24.8 Å². The Morgan fingerprint density at radius 2 is 1.33 bits per heavy atom. The molecule has 0 radical (unpaired) electrons. The maximum atomic E-state index is 2.67. The molecule has 0 N–H and O–H groups in total. The molecule has 4 heteroatoms. The van der Waals surface area contributed by atoms with Crippen molar-refractivity contribution in [3.63, 3.8) is 0 Å². The molecule has 4 atom stereocenters. The molecular formula is C48H57Cl2SiZr. The van der Waals surface area contributed by atoms with E-state index in [0.29, 0.717) is 14.6 Å². The first-order chi connectivity index (χ1) is 23.4. The molecule has 52 heavy (non-hydrogen) atoms. The van der Waals surface area contributed by atoms with Crippen LogP contribution in [0.4, 0.5) is 0 Å². The minimum atomic E-state index is -1.51. The summed E-state index contributed by atoms with van der Waals surface area (Å²) in [5.74, 6) is 1.36. The number of halogens is 2. The minimum Gasteiger partial charge on any atom is -1.00 e. The fourth-order valence-electron chi connectivity index (χ4n) is 10.6. The third-order valence-corrected chi connectivity index (χ3v) is 20.6. The van der Waals surface area contributed by atoms with Crippen LogP contribution in [0.3, 0.4) is 0 Å². The van der Waals surface area contributed by atoms with E-state index in [-0.39, 0.29) is 40.7 Å². The Kier molecular flexibility index (Phi) is 11.3. The van der Waals surface area contributed by atoms with E-state index in [1.807, 2.05) is 0 Å². The molecule has 0 nitrogen and oxygen atoms in total. The van der Waals surface area contributed by atoms with Crippen molar-refractivity contribution < 1.29 is 49.5 Å². The van der Waals surface area contributed by atoms with Crippen LogP contribution >= 0.6 is 0 Å². The Bertz CT molecular complexity index is 2010. The molecule has 1 spiro atoms. The topological polar surface area (TPSA) is 0 Å². The molecule has 8 rings (SSSR count). The van der Waals surface area contributed by atoms with Gasteiger partial charge in [-0.3, -0.25) is 0 Å². The molecule has 1 heterocycles. The molecule has 4 aliphatic rings. The predicted octanol–water partition coefficient (Wildman–Crippen LogP) is 7.09. The van der Waals surface area contributed by atoms with Crippen LogP contribution in [-0.4, -0.2) is 8.07 Å². The molecular weight excluding hydrogens is 767 g/mol. The molecule has 4 unspecified atom stereocenters. The van der Waals surface area contributed by atoms with E-state index in [1.165, 1.54) is 46.2 Å². The van der Waals surface area contributed by atoms with Gasteiger partial charge in [0.05, 0.1) is 8.07 Å². The summed E-state index contributed by atoms with van der Waals surface area (Å²) >= 11 is 1.60. The quantitative estimate of drug-likeness (QED) is 0.153. The summed E-state index contributed by atoms with van der Waals surface area (Å²) in [6, 6.07) is 35.1. The van der Waals surface area contributed by atoms with E-state index in [2.05, 4.69) is 179 Å². The summed E-state index contributed by atoms with van der Waals surface area (Å²) in [4.78, 5) is 0. The second-order valence-electron chi connectivity index (χ2n) is 18.7. The summed E-state index contributed by atoms with van der Waals surface area (Å²) in [6.07, 6.45) is 7.64. The number of hydrogen-bond acceptors (Lipinski definition) is 0. The molecule has 3 aliphatic carbocycles. The Morgan fingerprint density at radius 3 is 1.90 bits per heavy atom. The van der Waals surface area contributed by atoms with Gasteiger partial charge in [-0.25, -0.2) is 0 Å². The van der Waals surface area contributed by atoms with Gasteiger partial charge in [0.1, 0.15) is 0 Å². The van der Waals surface area contributed by atoms with Crippen molar-refractivity contribution in [3.05, 3.63) is 147 Å². The molecule has 0 amide bonds. The Labute approximate surface area is 344 Å². The van der Waals surface area contributed by atoms with E-state index in [9.17, 15) is 0 Å². The first-order valence-corrected chi connectivity index (χ1v) is 23.4. The molecule has 1 fully saturated rings. The van der Waals surface area contributed by atoms with Crippen LogP contribution in [0.1, 0.15) is 111 Å². The number of fused-ring (bicyclic) bond motifs is 3. The van der Waals surface area contributed by atoms with Gasteiger partial charge in [0.2, 0.25) is 0 Å². The summed E-state index contributed by atoms with van der Waals surface area (Å²) in [7, 11) is -1.51. The van der Waals surface area contributed by atoms with Crippen molar-refractivity contribution in [1.29, 1.82) is 0 Å². The first kappa shape index (κ1) is 41.2. The summed E-state index contributed by atoms with van der Waals surface area (Å²) in [5.41, 5.74) is 17.0. The Morgan fingerprint density at radius 1 is 0.750 bits per heavy atom. The van der Waals surface area contributed by atoms with Gasteiger partial charge in [0.15, 0.2) is 0 Å². The largest absolute Gasteiger partial charge is 1.00 e. The Hall–Kier alpha value is -1.96. The van der Waals surface area contributed by atoms with Crippen molar-refractivity contribution in [3.8, 4) is 11.1 Å². The zero-order chi connectivity index (χ0) is 36.0. The van der Waals surface area contributed by atoms with Gasteiger partial charge >= 0.3 is 156 Å². The summed E-state index contributed by atoms with van der Waals surface area (Å²) in [5, 5.41) is 0.770. The van der Waals surface area contributed by atoms with Gasteiger partial charge in [-0.15, -0.1) is 0 Å². The van der Waals surface area contributed by atoms with Crippen LogP contribution in [0, 0.1) is 11.8 Å². The molecule has 0 bridgehead atoms. The maximum absolute atomic E-state index is 2.67. The van der Waals surface area contributed by atoms with Crippen molar-refractivity contribution in [1.82, 2.24) is 0 Å². The molecule has 4 aromatic carbocycles. The van der Waals surface area contributed by atoms with E-state index >= 15 is 0 Å². The molecule has 0 saturated carbocycles. The van der Waals surface area contributed by atoms with E-state index in [1.54, 1.807) is 52.6 Å². The zero-order valence-electron chi connectivity index (χ0n) is 33.2. The van der Waals surface area contributed by atoms with E-state index in [0.717, 1.165) is 5.92 Å². The molecule has 0 aromatic heterocycles. The first-order valence-electron chi connectivity index (χ1n) is 19.0. The second kappa shape index (κ2) is 14.3. The average molecular weight is 824 g/mol. The summed E-state index contributed by atoms with van der Waals surface area (Å²) in [6.45, 7) is 26.1. The smallest absolute Gasteiger partial charge is 0.0728 e. The van der Waals surface area contributed by atoms with Crippen LogP contribution in [0.25, 0.3) is 17.2 Å². The molecule has 4 aromatic rings. The number of rotatable bonds is 3. The standard InChI is InChI=1S/C26H32Si.C22H25.2ClH.Zr/c1-18-15-22-16-19-9-7-8-10-23(19)26(25(22,17-18)27(26,5)6)21-13-11-20(12-14-21)24(2,3)4;1-15(2)18-13-17-7-6-8-20(21(17)14-18)16-9-11-19(12-10-16)22(3,4)5;;;/h7-15,22H,16-17H2,1-6H3;6-15H,1-5H3;2*1H;/q;;;;+2/p-2. The van der Waals surface area contributed by atoms with Gasteiger partial charge in [0.25, 0.3) is 0 Å². The SMILES string of the molecule is CC(C)C1=Cc2c(-c3ccc(C(C)(C)C)cc3)cccc2[CH]1[Zr+2].CC1=CC2Cc3ccccc3C3(c4ccc(C(C)(C)C)cc4)C2(C1)[Si]3(C)C.[Cl-].[Cl-]. The summed E-state index contributed by atoms with van der Waals surface area (Å²) < 4.78 is 0.631. The van der Waals surface area contributed by atoms with Crippen molar-refractivity contribution in [2.75, 3.05) is 0 Å². The minimum absolute atomic E-state index is 0. The maximum Gasteiger partial charge on any atom is 0.0728 e. The van der Waals surface area contributed by atoms with Crippen LogP contribution in [0.15, 0.2) is 108 Å². The van der Waals surface area contributed by atoms with Crippen molar-refractivity contribution >= 4 is 14.1 Å². The van der Waals surface area contributed by atoms with E-state index in [4.69, 9.17) is 0 Å². The number of allylic oxidation sites excluding steroid dienone is 3. The van der Waals surface area contributed by atoms with Gasteiger partial charge in [0, 0.05) is 5.04 Å². The van der Waals surface area contributed by atoms with E-state index < -0.39 is 8.07 Å². The van der Waals surface area contributed by atoms with Crippen LogP contribution in [-0.2, 0) is 47.0 Å². The Balaban J connectivity index is 0.000000196. The number of hydrogen-bond donors (Lipinski definition) is 0. The zero-order valence-corrected chi connectivity index (χ0v) is 38.2. The third kappa shape index (κ3) is 6.19. The predicted molar refractivity (Wildman–Crippen MR) is 214 cm³/mol. The fourth-order valence-corrected chi connectivity index (χ4v) is 19.2. The number of benzene rings is 4. The van der Waals surface area contributed by atoms with Crippen molar-refractivity contribution in [2.24, 2.45) is 11.8 Å².